The minimum Gasteiger partial charge on any atom is -0.482 e. The van der Waals surface area contributed by atoms with Gasteiger partial charge in [-0.15, -0.1) is 0 Å². The maximum Gasteiger partial charge on any atom is 0.261 e. The van der Waals surface area contributed by atoms with E-state index in [9.17, 15) is 13.2 Å². The minimum atomic E-state index is -3.80. The monoisotopic (exact) mass is 369 g/mol. The molecule has 1 aromatic carbocycles. The van der Waals surface area contributed by atoms with Gasteiger partial charge in [0.2, 0.25) is 0 Å². The molecule has 24 heavy (non-hydrogen) atoms. The van der Waals surface area contributed by atoms with E-state index in [-0.39, 0.29) is 28.2 Å². The molecule has 0 saturated heterocycles. The topological polar surface area (TPSA) is 88.6 Å². The molecule has 0 bridgehead atoms. The van der Waals surface area contributed by atoms with Gasteiger partial charge in [0, 0.05) is 20.3 Å². The molecule has 0 aliphatic heterocycles. The molecular formula is C15H16ClN3O4S. The number of aromatic nitrogens is 1. The van der Waals surface area contributed by atoms with Gasteiger partial charge in [0.1, 0.15) is 5.75 Å². The van der Waals surface area contributed by atoms with Crippen LogP contribution in [0.2, 0.25) is 5.02 Å². The minimum absolute atomic E-state index is 0.0253. The molecule has 0 saturated carbocycles. The summed E-state index contributed by atoms with van der Waals surface area (Å²) in [6, 6.07) is 7.21. The summed E-state index contributed by atoms with van der Waals surface area (Å²) in [6.07, 6.45) is 2.93. The highest BCUT2D eigenvalue weighted by Gasteiger charge is 2.17. The van der Waals surface area contributed by atoms with Gasteiger partial charge < -0.3 is 9.64 Å². The molecule has 2 aromatic rings. The van der Waals surface area contributed by atoms with Gasteiger partial charge >= 0.3 is 0 Å². The lowest BCUT2D eigenvalue weighted by molar-refractivity contribution is -0.130. The van der Waals surface area contributed by atoms with Crippen molar-refractivity contribution < 1.29 is 17.9 Å². The fraction of sp³-hybridized carbons (Fsp3) is 0.200. The quantitative estimate of drug-likeness (QED) is 0.841. The van der Waals surface area contributed by atoms with Crippen LogP contribution in [-0.4, -0.2) is 44.9 Å². The lowest BCUT2D eigenvalue weighted by atomic mass is 10.3. The number of benzene rings is 1. The second kappa shape index (κ2) is 7.50. The fourth-order valence-electron chi connectivity index (χ4n) is 1.67. The van der Waals surface area contributed by atoms with Gasteiger partial charge in [-0.25, -0.2) is 8.42 Å². The molecule has 1 aromatic heterocycles. The van der Waals surface area contributed by atoms with Crippen LogP contribution in [0.25, 0.3) is 0 Å². The van der Waals surface area contributed by atoms with E-state index in [2.05, 4.69) is 9.71 Å². The molecule has 1 heterocycles. The molecular weight excluding hydrogens is 354 g/mol. The number of likely N-dealkylation sites (N-methyl/N-ethyl adjacent to an activating group) is 1. The number of nitrogens with one attached hydrogen (secondary N) is 1. The SMILES string of the molecule is CN(C)C(=O)COc1ccc(S(=O)(=O)Nc2cccnc2)cc1Cl. The van der Waals surface area contributed by atoms with Crippen molar-refractivity contribution in [1.29, 1.82) is 0 Å². The van der Waals surface area contributed by atoms with Crippen molar-refractivity contribution in [3.63, 3.8) is 0 Å². The standard InChI is InChI=1S/C15H16ClN3O4S/c1-19(2)15(20)10-23-14-6-5-12(8-13(14)16)24(21,22)18-11-4-3-7-17-9-11/h3-9,18H,10H2,1-2H3. The van der Waals surface area contributed by atoms with E-state index in [0.717, 1.165) is 0 Å². The molecule has 1 amide bonds. The first-order chi connectivity index (χ1) is 11.3. The average molecular weight is 370 g/mol. The van der Waals surface area contributed by atoms with Crippen molar-refractivity contribution in [1.82, 2.24) is 9.88 Å². The maximum atomic E-state index is 12.3. The number of hydrogen-bond acceptors (Lipinski definition) is 5. The molecule has 0 fully saturated rings. The Bertz CT molecular complexity index is 826. The Morgan fingerprint density at radius 3 is 2.67 bits per heavy atom. The zero-order chi connectivity index (χ0) is 17.7. The fourth-order valence-corrected chi connectivity index (χ4v) is 3.04. The molecule has 0 atom stereocenters. The molecule has 0 radical (unpaired) electrons. The summed E-state index contributed by atoms with van der Waals surface area (Å²) < 4.78 is 32.3. The Morgan fingerprint density at radius 2 is 2.08 bits per heavy atom. The zero-order valence-corrected chi connectivity index (χ0v) is 14.6. The third-order valence-electron chi connectivity index (χ3n) is 2.98. The van der Waals surface area contributed by atoms with Gasteiger partial charge in [0.25, 0.3) is 15.9 Å². The van der Waals surface area contributed by atoms with Crippen molar-refractivity contribution in [2.24, 2.45) is 0 Å². The summed E-state index contributed by atoms with van der Waals surface area (Å²) in [6.45, 7) is -0.188. The van der Waals surface area contributed by atoms with Gasteiger partial charge in [-0.1, -0.05) is 11.6 Å². The number of halogens is 1. The predicted octanol–water partition coefficient (Wildman–Crippen LogP) is 2.00. The van der Waals surface area contributed by atoms with Crippen LogP contribution in [0.15, 0.2) is 47.6 Å². The van der Waals surface area contributed by atoms with Gasteiger partial charge in [-0.05, 0) is 30.3 Å². The Labute approximate surface area is 145 Å². The number of nitrogens with zero attached hydrogens (tertiary/aromatic N) is 2. The van der Waals surface area contributed by atoms with Crippen LogP contribution < -0.4 is 9.46 Å². The molecule has 7 nitrogen and oxygen atoms in total. The van der Waals surface area contributed by atoms with Crippen LogP contribution in [-0.2, 0) is 14.8 Å². The van der Waals surface area contributed by atoms with Crippen LogP contribution in [0.1, 0.15) is 0 Å². The average Bonchev–Trinajstić information content (AvgIpc) is 2.53. The predicted molar refractivity (Wildman–Crippen MR) is 90.7 cm³/mol. The van der Waals surface area contributed by atoms with Gasteiger partial charge in [-0.3, -0.25) is 14.5 Å². The third-order valence-corrected chi connectivity index (χ3v) is 4.65. The second-order valence-electron chi connectivity index (χ2n) is 5.02. The van der Waals surface area contributed by atoms with Crippen molar-refractivity contribution in [2.45, 2.75) is 4.90 Å². The summed E-state index contributed by atoms with van der Waals surface area (Å²) in [5.41, 5.74) is 0.338. The van der Waals surface area contributed by atoms with E-state index in [1.54, 1.807) is 26.2 Å². The first-order valence-corrected chi connectivity index (χ1v) is 8.71. The van der Waals surface area contributed by atoms with Crippen LogP contribution in [0.3, 0.4) is 0 Å². The number of carbonyl (C=O) groups excluding carboxylic acids is 1. The summed E-state index contributed by atoms with van der Waals surface area (Å²) in [4.78, 5) is 16.7. The zero-order valence-electron chi connectivity index (χ0n) is 13.1. The Hall–Kier alpha value is -2.32. The number of hydrogen-bond donors (Lipinski definition) is 1. The van der Waals surface area contributed by atoms with E-state index >= 15 is 0 Å². The summed E-state index contributed by atoms with van der Waals surface area (Å²) in [5.74, 6) is -0.00629. The van der Waals surface area contributed by atoms with Crippen LogP contribution in [0.5, 0.6) is 5.75 Å². The Kier molecular flexibility index (Phi) is 5.63. The smallest absolute Gasteiger partial charge is 0.261 e. The molecule has 1 N–H and O–H groups in total. The highest BCUT2D eigenvalue weighted by Crippen LogP contribution is 2.28. The number of pyridine rings is 1. The van der Waals surface area contributed by atoms with E-state index in [4.69, 9.17) is 16.3 Å². The van der Waals surface area contributed by atoms with E-state index in [0.29, 0.717) is 5.69 Å². The molecule has 0 unspecified atom stereocenters. The van der Waals surface area contributed by atoms with Gasteiger partial charge in [0.15, 0.2) is 6.61 Å². The van der Waals surface area contributed by atoms with Gasteiger partial charge in [-0.2, -0.15) is 0 Å². The summed E-state index contributed by atoms with van der Waals surface area (Å²) in [5, 5.41) is 0.0932. The first-order valence-electron chi connectivity index (χ1n) is 6.85. The molecule has 2 rings (SSSR count). The number of sulfonamides is 1. The lowest BCUT2D eigenvalue weighted by Gasteiger charge is -2.13. The number of carbonyl (C=O) groups is 1. The number of amides is 1. The number of rotatable bonds is 6. The van der Waals surface area contributed by atoms with Crippen LogP contribution in [0, 0.1) is 0 Å². The van der Waals surface area contributed by atoms with Crippen molar-refractivity contribution in [3.8, 4) is 5.75 Å². The van der Waals surface area contributed by atoms with E-state index < -0.39 is 10.0 Å². The maximum absolute atomic E-state index is 12.3. The van der Waals surface area contributed by atoms with Crippen molar-refractivity contribution in [3.05, 3.63) is 47.7 Å². The normalized spacial score (nSPS) is 11.0. The van der Waals surface area contributed by atoms with E-state index in [1.165, 1.54) is 35.5 Å². The molecule has 0 aliphatic carbocycles. The highest BCUT2D eigenvalue weighted by molar-refractivity contribution is 7.92. The molecule has 9 heteroatoms. The number of ether oxygens (including phenoxy) is 1. The van der Waals surface area contributed by atoms with Crippen LogP contribution in [0.4, 0.5) is 5.69 Å². The Balaban J connectivity index is 2.15. The largest absolute Gasteiger partial charge is 0.482 e. The lowest BCUT2D eigenvalue weighted by Crippen LogP contribution is -2.27. The first kappa shape index (κ1) is 18.0. The van der Waals surface area contributed by atoms with Crippen LogP contribution >= 0.6 is 11.6 Å². The summed E-state index contributed by atoms with van der Waals surface area (Å²) in [7, 11) is -0.594. The van der Waals surface area contributed by atoms with Crippen molar-refractivity contribution >= 4 is 33.2 Å². The molecule has 128 valence electrons. The highest BCUT2D eigenvalue weighted by atomic mass is 35.5. The molecule has 0 spiro atoms. The second-order valence-corrected chi connectivity index (χ2v) is 7.11. The van der Waals surface area contributed by atoms with E-state index in [1.807, 2.05) is 0 Å². The van der Waals surface area contributed by atoms with Crippen molar-refractivity contribution in [2.75, 3.05) is 25.4 Å². The summed E-state index contributed by atoms with van der Waals surface area (Å²) >= 11 is 6.05. The molecule has 0 aliphatic rings. The number of anilines is 1. The third kappa shape index (κ3) is 4.59. The Morgan fingerprint density at radius 1 is 1.33 bits per heavy atom. The van der Waals surface area contributed by atoms with Gasteiger partial charge in [0.05, 0.1) is 21.8 Å².